The summed E-state index contributed by atoms with van der Waals surface area (Å²) < 4.78 is 50.8. The smallest absolute Gasteiger partial charge is 0.422 e. The second-order valence-corrected chi connectivity index (χ2v) is 9.66. The zero-order valence-corrected chi connectivity index (χ0v) is 20.2. The van der Waals surface area contributed by atoms with Crippen LogP contribution in [0.4, 0.5) is 18.0 Å². The van der Waals surface area contributed by atoms with E-state index in [0.717, 1.165) is 20.5 Å². The van der Waals surface area contributed by atoms with Crippen molar-refractivity contribution in [3.05, 3.63) is 31.3 Å². The number of carbonyl (C=O) groups is 1. The molecule has 2 N–H and O–H groups in total. The third-order valence-electron chi connectivity index (χ3n) is 4.69. The molecule has 1 atom stereocenters. The van der Waals surface area contributed by atoms with E-state index in [4.69, 9.17) is 9.47 Å². The lowest BCUT2D eigenvalue weighted by molar-refractivity contribution is -0.136. The molecule has 0 aromatic carbocycles. The van der Waals surface area contributed by atoms with Crippen molar-refractivity contribution in [1.29, 1.82) is 0 Å². The fourth-order valence-electron chi connectivity index (χ4n) is 3.04. The summed E-state index contributed by atoms with van der Waals surface area (Å²) in [7, 11) is 1.41. The number of halogens is 3. The Hall–Kier alpha value is -2.38. The fourth-order valence-corrected chi connectivity index (χ4v) is 4.29. The molecular formula is C20H29F3N4O5S. The number of hydrogen-bond acceptors (Lipinski definition) is 7. The monoisotopic (exact) mass is 494 g/mol. The predicted molar refractivity (Wildman–Crippen MR) is 118 cm³/mol. The first kappa shape index (κ1) is 26.9. The number of nitrogens with one attached hydrogen (secondary N) is 2. The number of hydrogen-bond donors (Lipinski definition) is 2. The minimum absolute atomic E-state index is 0.0752. The van der Waals surface area contributed by atoms with Gasteiger partial charge in [-0.3, -0.25) is 19.4 Å². The molecule has 2 heterocycles. The number of alkyl halides is 3. The summed E-state index contributed by atoms with van der Waals surface area (Å²) in [6, 6.07) is 0. The van der Waals surface area contributed by atoms with Crippen LogP contribution >= 0.6 is 11.3 Å². The summed E-state index contributed by atoms with van der Waals surface area (Å²) in [6.07, 6.45) is -6.90. The Balaban J connectivity index is 2.46. The topological polar surface area (TPSA) is 104 Å². The number of aromatic nitrogens is 2. The van der Waals surface area contributed by atoms with Crippen LogP contribution in [0.2, 0.25) is 0 Å². The highest BCUT2D eigenvalue weighted by molar-refractivity contribution is 7.18. The lowest BCUT2D eigenvalue weighted by Gasteiger charge is -2.19. The summed E-state index contributed by atoms with van der Waals surface area (Å²) in [5.74, 6) is 0. The maximum atomic E-state index is 13.1. The first-order valence-corrected chi connectivity index (χ1v) is 11.0. The van der Waals surface area contributed by atoms with Crippen molar-refractivity contribution in [2.24, 2.45) is 0 Å². The number of carbonyl (C=O) groups excluding carboxylic acids is 1. The molecule has 0 aliphatic heterocycles. The number of amides is 1. The molecule has 2 aromatic heterocycles. The number of rotatable bonds is 8. The molecule has 0 radical (unpaired) electrons. The van der Waals surface area contributed by atoms with E-state index in [-0.39, 0.29) is 23.3 Å². The number of nitrogens with zero attached hydrogens (tertiary/aromatic N) is 2. The fraction of sp³-hybridized carbons (Fsp3) is 0.650. The second kappa shape index (κ2) is 10.3. The first-order valence-electron chi connectivity index (χ1n) is 10.2. The van der Waals surface area contributed by atoms with E-state index in [2.05, 4.69) is 10.9 Å². The van der Waals surface area contributed by atoms with Crippen molar-refractivity contribution in [2.75, 3.05) is 7.11 Å². The minimum atomic E-state index is -4.47. The van der Waals surface area contributed by atoms with E-state index in [0.29, 0.717) is 10.4 Å². The maximum Gasteiger partial charge on any atom is 0.422 e. The van der Waals surface area contributed by atoms with Gasteiger partial charge in [0.15, 0.2) is 0 Å². The lowest BCUT2D eigenvalue weighted by atomic mass is 10.2. The SMILES string of the molecule is COC(C)Cn1c(=O)c2c(C)c(CNNC(=O)OC(C)(C)C)sc2n(CCC(F)(F)F)c1=O. The van der Waals surface area contributed by atoms with Crippen molar-refractivity contribution in [3.63, 3.8) is 0 Å². The van der Waals surface area contributed by atoms with E-state index in [1.807, 2.05) is 0 Å². The van der Waals surface area contributed by atoms with Gasteiger partial charge in [0.1, 0.15) is 10.4 Å². The molecule has 2 aromatic rings. The normalized spacial score (nSPS) is 13.4. The lowest BCUT2D eigenvalue weighted by Crippen LogP contribution is -2.42. The third-order valence-corrected chi connectivity index (χ3v) is 6.01. The average molecular weight is 495 g/mol. The Bertz CT molecular complexity index is 1110. The molecule has 0 aliphatic rings. The van der Waals surface area contributed by atoms with Gasteiger partial charge in [0.05, 0.1) is 24.5 Å². The zero-order valence-electron chi connectivity index (χ0n) is 19.4. The van der Waals surface area contributed by atoms with Crippen molar-refractivity contribution in [2.45, 2.75) is 78.6 Å². The van der Waals surface area contributed by atoms with Crippen molar-refractivity contribution < 1.29 is 27.4 Å². The third kappa shape index (κ3) is 7.05. The molecule has 186 valence electrons. The first-order chi connectivity index (χ1) is 15.1. The number of aryl methyl sites for hydroxylation is 2. The summed E-state index contributed by atoms with van der Waals surface area (Å²) in [5.41, 5.74) is 3.44. The van der Waals surface area contributed by atoms with Gasteiger partial charge in [-0.15, -0.1) is 11.3 Å². The Morgan fingerprint density at radius 2 is 1.82 bits per heavy atom. The molecule has 0 fully saturated rings. The van der Waals surface area contributed by atoms with Crippen LogP contribution in [-0.2, 0) is 29.1 Å². The summed E-state index contributed by atoms with van der Waals surface area (Å²) in [4.78, 5) is 38.6. The number of methoxy groups -OCH3 is 1. The van der Waals surface area contributed by atoms with Gasteiger partial charge >= 0.3 is 18.0 Å². The van der Waals surface area contributed by atoms with Gasteiger partial charge < -0.3 is 9.47 Å². The van der Waals surface area contributed by atoms with Crippen molar-refractivity contribution in [1.82, 2.24) is 20.0 Å². The Morgan fingerprint density at radius 1 is 1.18 bits per heavy atom. The van der Waals surface area contributed by atoms with Gasteiger partial charge in [-0.1, -0.05) is 0 Å². The molecule has 1 amide bonds. The largest absolute Gasteiger partial charge is 0.443 e. The van der Waals surface area contributed by atoms with Crippen LogP contribution < -0.4 is 22.1 Å². The number of thiophene rings is 1. The molecule has 13 heteroatoms. The van der Waals surface area contributed by atoms with Gasteiger partial charge in [-0.25, -0.2) is 15.0 Å². The van der Waals surface area contributed by atoms with Crippen LogP contribution in [0.5, 0.6) is 0 Å². The van der Waals surface area contributed by atoms with Crippen LogP contribution in [0.25, 0.3) is 10.2 Å². The van der Waals surface area contributed by atoms with Gasteiger partial charge in [-0.2, -0.15) is 13.2 Å². The van der Waals surface area contributed by atoms with E-state index in [1.165, 1.54) is 7.11 Å². The molecule has 0 bridgehead atoms. The van der Waals surface area contributed by atoms with Gasteiger partial charge in [0.2, 0.25) is 0 Å². The molecule has 2 rings (SSSR count). The van der Waals surface area contributed by atoms with E-state index in [1.54, 1.807) is 34.6 Å². The highest BCUT2D eigenvalue weighted by atomic mass is 32.1. The summed E-state index contributed by atoms with van der Waals surface area (Å²) >= 11 is 1.02. The molecule has 0 aliphatic carbocycles. The quantitative estimate of drug-likeness (QED) is 0.547. The van der Waals surface area contributed by atoms with Gasteiger partial charge in [-0.05, 0) is 40.2 Å². The standard InChI is InChI=1S/C20H29F3N4O5S/c1-11(31-6)10-27-15(28)14-12(2)13(9-24-25-17(29)32-19(3,4)5)33-16(14)26(18(27)30)8-7-20(21,22)23/h11,24H,7-10H2,1-6H3,(H,25,29). The van der Waals surface area contributed by atoms with Gasteiger partial charge in [0, 0.05) is 25.1 Å². The Morgan fingerprint density at radius 3 is 2.36 bits per heavy atom. The minimum Gasteiger partial charge on any atom is -0.443 e. The zero-order chi connectivity index (χ0) is 25.1. The van der Waals surface area contributed by atoms with Crippen LogP contribution in [0.1, 0.15) is 44.6 Å². The highest BCUT2D eigenvalue weighted by Crippen LogP contribution is 2.29. The van der Waals surface area contributed by atoms with Crippen LogP contribution in [0.15, 0.2) is 9.59 Å². The van der Waals surface area contributed by atoms with Crippen LogP contribution in [-0.4, -0.2) is 40.2 Å². The van der Waals surface area contributed by atoms with Crippen molar-refractivity contribution >= 4 is 27.6 Å². The molecular weight excluding hydrogens is 465 g/mol. The van der Waals surface area contributed by atoms with Crippen LogP contribution in [0.3, 0.4) is 0 Å². The van der Waals surface area contributed by atoms with Gasteiger partial charge in [0.25, 0.3) is 5.56 Å². The maximum absolute atomic E-state index is 13.1. The molecule has 9 nitrogen and oxygen atoms in total. The highest BCUT2D eigenvalue weighted by Gasteiger charge is 2.29. The van der Waals surface area contributed by atoms with Crippen LogP contribution in [0, 0.1) is 6.92 Å². The predicted octanol–water partition coefficient (Wildman–Crippen LogP) is 3.05. The average Bonchev–Trinajstić information content (AvgIpc) is 2.99. The van der Waals surface area contributed by atoms with Crippen molar-refractivity contribution in [3.8, 4) is 0 Å². The summed E-state index contributed by atoms with van der Waals surface area (Å²) in [6.45, 7) is 7.77. The molecule has 1 unspecified atom stereocenters. The Labute approximate surface area is 192 Å². The number of fused-ring (bicyclic) bond motifs is 1. The molecule has 0 saturated carbocycles. The number of hydrazine groups is 1. The summed E-state index contributed by atoms with van der Waals surface area (Å²) in [5, 5.41) is 0.166. The molecule has 0 spiro atoms. The second-order valence-electron chi connectivity index (χ2n) is 8.57. The molecule has 33 heavy (non-hydrogen) atoms. The van der Waals surface area contributed by atoms with E-state index in [9.17, 15) is 27.6 Å². The molecule has 0 saturated heterocycles. The number of ether oxygens (including phenoxy) is 2. The Kier molecular flexibility index (Phi) is 8.36. The van der Waals surface area contributed by atoms with E-state index >= 15 is 0 Å². The van der Waals surface area contributed by atoms with E-state index < -0.39 is 48.2 Å².